The molecule has 0 aliphatic carbocycles. The van der Waals surface area contributed by atoms with E-state index in [1.165, 1.54) is 16.7 Å². The van der Waals surface area contributed by atoms with E-state index in [0.717, 1.165) is 17.7 Å². The van der Waals surface area contributed by atoms with Crippen molar-refractivity contribution in [2.75, 3.05) is 5.75 Å². The average Bonchev–Trinajstić information content (AvgIpc) is 2.73. The molecule has 1 N–H and O–H groups in total. The first-order valence-electron chi connectivity index (χ1n) is 10.6. The maximum atomic E-state index is 13.1. The van der Waals surface area contributed by atoms with Gasteiger partial charge in [0.25, 0.3) is 0 Å². The van der Waals surface area contributed by atoms with E-state index in [2.05, 4.69) is 24.4 Å². The second-order valence-electron chi connectivity index (χ2n) is 7.92. The van der Waals surface area contributed by atoms with Gasteiger partial charge in [0, 0.05) is 18.3 Å². The number of nitrogens with one attached hydrogen (secondary N) is 1. The highest BCUT2D eigenvalue weighted by molar-refractivity contribution is 7.99. The molecule has 0 aromatic heterocycles. The Bertz CT molecular complexity index is 835. The Hall–Kier alpha value is -2.27. The lowest BCUT2D eigenvalue weighted by atomic mass is 10.1. The van der Waals surface area contributed by atoms with Gasteiger partial charge in [-0.1, -0.05) is 61.0 Å². The SMILES string of the molecule is CC[C@@H](C)NC(=O)[C@@H](C)N(Cc1ccc(C)cc1)C(=O)CSCc1ccccc1C. The fourth-order valence-electron chi connectivity index (χ4n) is 3.04. The summed E-state index contributed by atoms with van der Waals surface area (Å²) in [6.45, 7) is 10.4. The van der Waals surface area contributed by atoms with Crippen LogP contribution in [0.3, 0.4) is 0 Å². The number of benzene rings is 2. The molecule has 0 aliphatic rings. The minimum atomic E-state index is -0.521. The molecule has 0 aliphatic heterocycles. The van der Waals surface area contributed by atoms with E-state index < -0.39 is 6.04 Å². The van der Waals surface area contributed by atoms with E-state index in [0.29, 0.717) is 12.3 Å². The molecule has 162 valence electrons. The van der Waals surface area contributed by atoms with Crippen LogP contribution >= 0.6 is 11.8 Å². The van der Waals surface area contributed by atoms with Gasteiger partial charge in [-0.15, -0.1) is 11.8 Å². The van der Waals surface area contributed by atoms with Crippen molar-refractivity contribution in [1.82, 2.24) is 10.2 Å². The molecule has 0 spiro atoms. The molecule has 0 saturated carbocycles. The Balaban J connectivity index is 2.08. The highest BCUT2D eigenvalue weighted by Gasteiger charge is 2.26. The Morgan fingerprint density at radius 3 is 2.33 bits per heavy atom. The highest BCUT2D eigenvalue weighted by Crippen LogP contribution is 2.18. The lowest BCUT2D eigenvalue weighted by Gasteiger charge is -2.29. The van der Waals surface area contributed by atoms with Gasteiger partial charge in [0.1, 0.15) is 6.04 Å². The van der Waals surface area contributed by atoms with Crippen LogP contribution in [-0.2, 0) is 21.9 Å². The second kappa shape index (κ2) is 11.8. The number of carbonyl (C=O) groups is 2. The summed E-state index contributed by atoms with van der Waals surface area (Å²) < 4.78 is 0. The summed E-state index contributed by atoms with van der Waals surface area (Å²) in [5, 5.41) is 3.01. The van der Waals surface area contributed by atoms with Crippen LogP contribution in [0.15, 0.2) is 48.5 Å². The Kier molecular flexibility index (Phi) is 9.44. The number of nitrogens with zero attached hydrogens (tertiary/aromatic N) is 1. The zero-order valence-electron chi connectivity index (χ0n) is 18.8. The van der Waals surface area contributed by atoms with Gasteiger partial charge >= 0.3 is 0 Å². The van der Waals surface area contributed by atoms with E-state index in [9.17, 15) is 9.59 Å². The minimum Gasteiger partial charge on any atom is -0.352 e. The Morgan fingerprint density at radius 1 is 1.03 bits per heavy atom. The molecule has 4 nitrogen and oxygen atoms in total. The second-order valence-corrected chi connectivity index (χ2v) is 8.91. The molecule has 0 unspecified atom stereocenters. The lowest BCUT2D eigenvalue weighted by Crippen LogP contribution is -2.50. The lowest BCUT2D eigenvalue weighted by molar-refractivity contribution is -0.138. The van der Waals surface area contributed by atoms with E-state index in [1.54, 1.807) is 16.7 Å². The first-order valence-corrected chi connectivity index (χ1v) is 11.7. The number of aryl methyl sites for hydroxylation is 2. The summed E-state index contributed by atoms with van der Waals surface area (Å²) in [6.07, 6.45) is 0.858. The third-order valence-electron chi connectivity index (χ3n) is 5.39. The molecule has 30 heavy (non-hydrogen) atoms. The van der Waals surface area contributed by atoms with Crippen molar-refractivity contribution >= 4 is 23.6 Å². The van der Waals surface area contributed by atoms with Gasteiger partial charge in [-0.2, -0.15) is 0 Å². The van der Waals surface area contributed by atoms with Crippen molar-refractivity contribution in [3.8, 4) is 0 Å². The molecule has 2 rings (SSSR count). The Labute approximate surface area is 185 Å². The summed E-state index contributed by atoms with van der Waals surface area (Å²) in [5.74, 6) is 1.01. The third-order valence-corrected chi connectivity index (χ3v) is 6.35. The summed E-state index contributed by atoms with van der Waals surface area (Å²) in [4.78, 5) is 27.5. The van der Waals surface area contributed by atoms with Gasteiger partial charge < -0.3 is 10.2 Å². The summed E-state index contributed by atoms with van der Waals surface area (Å²) >= 11 is 1.59. The van der Waals surface area contributed by atoms with Crippen LogP contribution < -0.4 is 5.32 Å². The van der Waals surface area contributed by atoms with Gasteiger partial charge in [-0.05, 0) is 50.8 Å². The summed E-state index contributed by atoms with van der Waals surface area (Å²) in [6, 6.07) is 15.9. The number of amides is 2. The monoisotopic (exact) mass is 426 g/mol. The van der Waals surface area contributed by atoms with Crippen molar-refractivity contribution in [3.63, 3.8) is 0 Å². The van der Waals surface area contributed by atoms with Crippen molar-refractivity contribution in [1.29, 1.82) is 0 Å². The van der Waals surface area contributed by atoms with Crippen LogP contribution in [0.1, 0.15) is 49.4 Å². The van der Waals surface area contributed by atoms with Crippen molar-refractivity contribution < 1.29 is 9.59 Å². The van der Waals surface area contributed by atoms with Gasteiger partial charge in [0.15, 0.2) is 0 Å². The first-order chi connectivity index (χ1) is 14.3. The van der Waals surface area contributed by atoms with Crippen molar-refractivity contribution in [2.24, 2.45) is 0 Å². The quantitative estimate of drug-likeness (QED) is 0.590. The number of thioether (sulfide) groups is 1. The van der Waals surface area contributed by atoms with E-state index >= 15 is 0 Å². The van der Waals surface area contributed by atoms with Crippen LogP contribution in [0.4, 0.5) is 0 Å². The van der Waals surface area contributed by atoms with E-state index in [-0.39, 0.29) is 17.9 Å². The van der Waals surface area contributed by atoms with Crippen LogP contribution in [0, 0.1) is 13.8 Å². The van der Waals surface area contributed by atoms with E-state index in [1.807, 2.05) is 64.1 Å². The average molecular weight is 427 g/mol. The van der Waals surface area contributed by atoms with Crippen molar-refractivity contribution in [2.45, 2.75) is 65.4 Å². The molecule has 0 bridgehead atoms. The van der Waals surface area contributed by atoms with Crippen molar-refractivity contribution in [3.05, 3.63) is 70.8 Å². The smallest absolute Gasteiger partial charge is 0.242 e. The summed E-state index contributed by atoms with van der Waals surface area (Å²) in [7, 11) is 0. The molecular formula is C25H34N2O2S. The molecule has 0 heterocycles. The molecular weight excluding hydrogens is 392 g/mol. The van der Waals surface area contributed by atoms with Gasteiger partial charge in [-0.3, -0.25) is 9.59 Å². The molecule has 5 heteroatoms. The highest BCUT2D eigenvalue weighted by atomic mass is 32.2. The van der Waals surface area contributed by atoms with Crippen LogP contribution in [-0.4, -0.2) is 34.6 Å². The van der Waals surface area contributed by atoms with E-state index in [4.69, 9.17) is 0 Å². The fourth-order valence-corrected chi connectivity index (χ4v) is 4.03. The first kappa shape index (κ1) is 24.0. The number of rotatable bonds is 10. The zero-order valence-corrected chi connectivity index (χ0v) is 19.6. The molecule has 2 aromatic carbocycles. The number of hydrogen-bond donors (Lipinski definition) is 1. The zero-order chi connectivity index (χ0) is 22.1. The summed E-state index contributed by atoms with van der Waals surface area (Å²) in [5.41, 5.74) is 4.67. The maximum absolute atomic E-state index is 13.1. The van der Waals surface area contributed by atoms with Gasteiger partial charge in [-0.25, -0.2) is 0 Å². The molecule has 0 radical (unpaired) electrons. The third kappa shape index (κ3) is 7.21. The predicted molar refractivity (Wildman–Crippen MR) is 126 cm³/mol. The molecule has 0 saturated heterocycles. The minimum absolute atomic E-state index is 0.0130. The Morgan fingerprint density at radius 2 is 1.70 bits per heavy atom. The maximum Gasteiger partial charge on any atom is 0.242 e. The largest absolute Gasteiger partial charge is 0.352 e. The van der Waals surface area contributed by atoms with Crippen LogP contribution in [0.5, 0.6) is 0 Å². The fraction of sp³-hybridized carbons (Fsp3) is 0.440. The number of carbonyl (C=O) groups excluding carboxylic acids is 2. The topological polar surface area (TPSA) is 49.4 Å². The van der Waals surface area contributed by atoms with Gasteiger partial charge in [0.05, 0.1) is 5.75 Å². The van der Waals surface area contributed by atoms with Crippen LogP contribution in [0.25, 0.3) is 0 Å². The van der Waals surface area contributed by atoms with Crippen LogP contribution in [0.2, 0.25) is 0 Å². The standard InChI is InChI=1S/C25H34N2O2S/c1-6-20(4)26-25(29)21(5)27(15-22-13-11-18(2)12-14-22)24(28)17-30-16-23-10-8-7-9-19(23)3/h7-14,20-21H,6,15-17H2,1-5H3,(H,26,29)/t20-,21-/m1/s1. The molecule has 0 fully saturated rings. The number of hydrogen-bond acceptors (Lipinski definition) is 3. The molecule has 2 amide bonds. The van der Waals surface area contributed by atoms with Gasteiger partial charge in [0.2, 0.25) is 11.8 Å². The molecule has 2 aromatic rings. The normalized spacial score (nSPS) is 12.8. The molecule has 2 atom stereocenters. The predicted octanol–water partition coefficient (Wildman–Crippen LogP) is 4.87.